The van der Waals surface area contributed by atoms with E-state index >= 15 is 0 Å². The Labute approximate surface area is 59.3 Å². The van der Waals surface area contributed by atoms with Crippen LogP contribution in [-0.2, 0) is 0 Å². The fourth-order valence-corrected chi connectivity index (χ4v) is 2.28. The first-order valence-electron chi connectivity index (χ1n) is 3.08. The summed E-state index contributed by atoms with van der Waals surface area (Å²) in [6.07, 6.45) is 5.55. The Kier molecular flexibility index (Phi) is 1.06. The van der Waals surface area contributed by atoms with Gasteiger partial charge in [0.25, 0.3) is 0 Å². The van der Waals surface area contributed by atoms with Crippen LogP contribution in [0.2, 0.25) is 0 Å². The first-order valence-corrected chi connectivity index (χ1v) is 4.07. The second-order valence-corrected chi connectivity index (χ2v) is 3.41. The van der Waals surface area contributed by atoms with E-state index in [1.165, 1.54) is 16.1 Å². The Morgan fingerprint density at radius 1 is 1.56 bits per heavy atom. The highest BCUT2D eigenvalue weighted by Gasteiger charge is 2.18. The average Bonchev–Trinajstić information content (AvgIpc) is 2.35. The molecule has 1 aliphatic heterocycles. The van der Waals surface area contributed by atoms with Crippen molar-refractivity contribution in [2.24, 2.45) is 0 Å². The van der Waals surface area contributed by atoms with Gasteiger partial charge in [-0.2, -0.15) is 0 Å². The molecule has 1 aliphatic carbocycles. The van der Waals surface area contributed by atoms with Gasteiger partial charge in [0.15, 0.2) is 0 Å². The molecule has 0 aromatic heterocycles. The minimum Gasteiger partial charge on any atom is -0.125 e. The molecular weight excluding hydrogens is 128 g/mol. The molecule has 0 saturated carbocycles. The molecule has 0 unspecified atom stereocenters. The van der Waals surface area contributed by atoms with Gasteiger partial charge in [-0.05, 0) is 22.5 Å². The van der Waals surface area contributed by atoms with Crippen molar-refractivity contribution in [1.82, 2.24) is 0 Å². The van der Waals surface area contributed by atoms with Gasteiger partial charge >= 0.3 is 0 Å². The number of hydrogen-bond donors (Lipinski definition) is 0. The normalized spacial score (nSPS) is 23.8. The third-order valence-electron chi connectivity index (χ3n) is 1.69. The van der Waals surface area contributed by atoms with Crippen LogP contribution in [0.4, 0.5) is 0 Å². The Morgan fingerprint density at radius 2 is 2.44 bits per heavy atom. The van der Waals surface area contributed by atoms with Crippen LogP contribution in [0.25, 0.3) is 0 Å². The molecule has 0 amide bonds. The van der Waals surface area contributed by atoms with Gasteiger partial charge in [-0.25, -0.2) is 0 Å². The molecule has 0 aromatic rings. The van der Waals surface area contributed by atoms with Crippen LogP contribution in [0.3, 0.4) is 0 Å². The molecule has 0 saturated heterocycles. The SMILES string of the molecule is C=C1CSC2=C1C=CC2. The molecule has 0 bridgehead atoms. The standard InChI is InChI=1S/C8H8S/c1-6-5-9-8-4-2-3-7(6)8/h2-3H,1,4-5H2. The van der Waals surface area contributed by atoms with Crippen LogP contribution >= 0.6 is 11.8 Å². The lowest BCUT2D eigenvalue weighted by molar-refractivity contribution is 1.41. The van der Waals surface area contributed by atoms with Crippen molar-refractivity contribution in [3.8, 4) is 0 Å². The van der Waals surface area contributed by atoms with E-state index in [2.05, 4.69) is 18.7 Å². The lowest BCUT2D eigenvalue weighted by atomic mass is 10.1. The Balaban J connectivity index is 2.43. The number of hydrogen-bond acceptors (Lipinski definition) is 1. The second kappa shape index (κ2) is 1.77. The van der Waals surface area contributed by atoms with Gasteiger partial charge in [-0.1, -0.05) is 18.7 Å². The smallest absolute Gasteiger partial charge is 0.0229 e. The monoisotopic (exact) mass is 136 g/mol. The third-order valence-corrected chi connectivity index (χ3v) is 2.92. The molecule has 46 valence electrons. The van der Waals surface area contributed by atoms with Crippen LogP contribution < -0.4 is 0 Å². The highest BCUT2D eigenvalue weighted by molar-refractivity contribution is 8.03. The zero-order chi connectivity index (χ0) is 6.27. The molecule has 1 heteroatoms. The van der Waals surface area contributed by atoms with Crippen LogP contribution in [0.15, 0.2) is 34.8 Å². The lowest BCUT2D eigenvalue weighted by Gasteiger charge is -1.89. The van der Waals surface area contributed by atoms with Crippen LogP contribution in [0.1, 0.15) is 6.42 Å². The molecule has 2 aliphatic rings. The first kappa shape index (κ1) is 5.36. The molecule has 0 fully saturated rings. The summed E-state index contributed by atoms with van der Waals surface area (Å²) in [6.45, 7) is 3.97. The number of thioether (sulfide) groups is 1. The largest absolute Gasteiger partial charge is 0.125 e. The molecule has 0 N–H and O–H groups in total. The van der Waals surface area contributed by atoms with Crippen molar-refractivity contribution in [2.45, 2.75) is 6.42 Å². The van der Waals surface area contributed by atoms with E-state index in [1.807, 2.05) is 11.8 Å². The van der Waals surface area contributed by atoms with Gasteiger partial charge in [0, 0.05) is 5.75 Å². The summed E-state index contributed by atoms with van der Waals surface area (Å²) in [5, 5.41) is 0. The summed E-state index contributed by atoms with van der Waals surface area (Å²) in [7, 11) is 0. The van der Waals surface area contributed by atoms with Crippen LogP contribution in [-0.4, -0.2) is 5.75 Å². The van der Waals surface area contributed by atoms with Crippen molar-refractivity contribution in [2.75, 3.05) is 5.75 Å². The molecule has 0 atom stereocenters. The van der Waals surface area contributed by atoms with E-state index in [4.69, 9.17) is 0 Å². The minimum absolute atomic E-state index is 1.12. The van der Waals surface area contributed by atoms with Crippen LogP contribution in [0, 0.1) is 0 Å². The van der Waals surface area contributed by atoms with Gasteiger partial charge in [-0.3, -0.25) is 0 Å². The fraction of sp³-hybridized carbons (Fsp3) is 0.250. The number of rotatable bonds is 0. The molecule has 0 spiro atoms. The van der Waals surface area contributed by atoms with Gasteiger partial charge in [-0.15, -0.1) is 11.8 Å². The van der Waals surface area contributed by atoms with E-state index in [0.717, 1.165) is 12.2 Å². The average molecular weight is 136 g/mol. The van der Waals surface area contributed by atoms with Gasteiger partial charge in [0.2, 0.25) is 0 Å². The van der Waals surface area contributed by atoms with Crippen LogP contribution in [0.5, 0.6) is 0 Å². The molecule has 0 nitrogen and oxygen atoms in total. The zero-order valence-electron chi connectivity index (χ0n) is 5.18. The van der Waals surface area contributed by atoms with Crippen molar-refractivity contribution >= 4 is 11.8 Å². The molecule has 0 radical (unpaired) electrons. The fourth-order valence-electron chi connectivity index (χ4n) is 1.19. The van der Waals surface area contributed by atoms with E-state index < -0.39 is 0 Å². The van der Waals surface area contributed by atoms with E-state index in [-0.39, 0.29) is 0 Å². The van der Waals surface area contributed by atoms with Gasteiger partial charge in [0.1, 0.15) is 0 Å². The summed E-state index contributed by atoms with van der Waals surface area (Å²) in [5.74, 6) is 1.12. The van der Waals surface area contributed by atoms with Crippen molar-refractivity contribution in [1.29, 1.82) is 0 Å². The van der Waals surface area contributed by atoms with E-state index in [0.29, 0.717) is 0 Å². The Morgan fingerprint density at radius 3 is 3.22 bits per heavy atom. The highest BCUT2D eigenvalue weighted by Crippen LogP contribution is 2.40. The van der Waals surface area contributed by atoms with Gasteiger partial charge in [0.05, 0.1) is 0 Å². The molecule has 0 aromatic carbocycles. The summed E-state index contributed by atoms with van der Waals surface area (Å²) in [5.41, 5.74) is 2.73. The second-order valence-electron chi connectivity index (χ2n) is 2.34. The van der Waals surface area contributed by atoms with Crippen molar-refractivity contribution < 1.29 is 0 Å². The minimum atomic E-state index is 1.12. The summed E-state index contributed by atoms with van der Waals surface area (Å²) >= 11 is 1.94. The molecular formula is C8H8S. The highest BCUT2D eigenvalue weighted by atomic mass is 32.2. The topological polar surface area (TPSA) is 0 Å². The predicted molar refractivity (Wildman–Crippen MR) is 42.4 cm³/mol. The maximum Gasteiger partial charge on any atom is 0.0229 e. The molecule has 9 heavy (non-hydrogen) atoms. The van der Waals surface area contributed by atoms with E-state index in [1.54, 1.807) is 0 Å². The van der Waals surface area contributed by atoms with E-state index in [9.17, 15) is 0 Å². The summed E-state index contributed by atoms with van der Waals surface area (Å²) in [6, 6.07) is 0. The predicted octanol–water partition coefficient (Wildman–Crippen LogP) is 2.50. The quantitative estimate of drug-likeness (QED) is 0.493. The van der Waals surface area contributed by atoms with Gasteiger partial charge < -0.3 is 0 Å². The lowest BCUT2D eigenvalue weighted by Crippen LogP contribution is -1.76. The summed E-state index contributed by atoms with van der Waals surface area (Å²) < 4.78 is 0. The Bertz CT molecular complexity index is 221. The summed E-state index contributed by atoms with van der Waals surface area (Å²) in [4.78, 5) is 1.53. The number of allylic oxidation sites excluding steroid dienone is 4. The van der Waals surface area contributed by atoms with Crippen molar-refractivity contribution in [3.63, 3.8) is 0 Å². The first-order chi connectivity index (χ1) is 4.38. The zero-order valence-corrected chi connectivity index (χ0v) is 6.00. The Hall–Kier alpha value is -0.430. The maximum atomic E-state index is 3.97. The maximum absolute atomic E-state index is 3.97. The van der Waals surface area contributed by atoms with Crippen molar-refractivity contribution in [3.05, 3.63) is 34.8 Å². The third kappa shape index (κ3) is 0.681. The molecule has 1 heterocycles. The molecule has 2 rings (SSSR count).